The molecule has 0 fully saturated rings. The van der Waals surface area contributed by atoms with Crippen molar-refractivity contribution in [2.24, 2.45) is 0 Å². The highest BCUT2D eigenvalue weighted by atomic mass is 16.5. The van der Waals surface area contributed by atoms with Crippen LogP contribution in [0.1, 0.15) is 77.7 Å². The van der Waals surface area contributed by atoms with Crippen molar-refractivity contribution in [3.05, 3.63) is 41.2 Å². The number of carbonyl (C=O) groups is 3. The van der Waals surface area contributed by atoms with E-state index in [9.17, 15) is 14.4 Å². The monoisotopic (exact) mass is 359 g/mol. The molecule has 26 heavy (non-hydrogen) atoms. The van der Waals surface area contributed by atoms with Gasteiger partial charge in [0.25, 0.3) is 0 Å². The molecule has 0 aliphatic carbocycles. The molecule has 2 aromatic rings. The molecule has 0 N–H and O–H groups in total. The summed E-state index contributed by atoms with van der Waals surface area (Å²) >= 11 is 0. The minimum atomic E-state index is -0.671. The highest BCUT2D eigenvalue weighted by Gasteiger charge is 2.31. The van der Waals surface area contributed by atoms with Crippen LogP contribution in [0.2, 0.25) is 0 Å². The van der Waals surface area contributed by atoms with Crippen LogP contribution in [0.15, 0.2) is 24.4 Å². The average molecular weight is 359 g/mol. The van der Waals surface area contributed by atoms with Gasteiger partial charge in [0.05, 0.1) is 18.7 Å². The van der Waals surface area contributed by atoms with Crippen LogP contribution < -0.4 is 0 Å². The van der Waals surface area contributed by atoms with E-state index in [0.717, 1.165) is 19.3 Å². The molecule has 0 spiro atoms. The standard InChI is InChI=1S/C20H25NO5/c1-4-6-12-25-19(23)16-15-10-8-9-11-21(15)18(14(3)22)17(16)20(24)26-13-7-5-2/h8-11H,4-7,12-13H2,1-3H3. The summed E-state index contributed by atoms with van der Waals surface area (Å²) in [5.41, 5.74) is 0.681. The molecule has 0 saturated carbocycles. The number of Topliss-reactive ketones (excluding diaryl/α,β-unsaturated/α-hetero) is 1. The minimum Gasteiger partial charge on any atom is -0.462 e. The molecule has 0 aliphatic heterocycles. The van der Waals surface area contributed by atoms with E-state index in [1.807, 2.05) is 13.8 Å². The smallest absolute Gasteiger partial charge is 0.341 e. The zero-order chi connectivity index (χ0) is 19.1. The molecule has 6 heteroatoms. The van der Waals surface area contributed by atoms with Crippen molar-refractivity contribution in [1.82, 2.24) is 4.40 Å². The second-order valence-corrected chi connectivity index (χ2v) is 6.09. The molecular formula is C20H25NO5. The first-order valence-corrected chi connectivity index (χ1v) is 9.01. The molecule has 2 aromatic heterocycles. The van der Waals surface area contributed by atoms with Crippen molar-refractivity contribution in [1.29, 1.82) is 0 Å². The zero-order valence-electron chi connectivity index (χ0n) is 15.5. The Kier molecular flexibility index (Phi) is 6.95. The van der Waals surface area contributed by atoms with E-state index in [0.29, 0.717) is 11.9 Å². The Morgan fingerprint density at radius 3 is 2.04 bits per heavy atom. The number of pyridine rings is 1. The zero-order valence-corrected chi connectivity index (χ0v) is 15.5. The number of fused-ring (bicyclic) bond motifs is 1. The Morgan fingerprint density at radius 1 is 0.923 bits per heavy atom. The van der Waals surface area contributed by atoms with Gasteiger partial charge in [0.2, 0.25) is 0 Å². The van der Waals surface area contributed by atoms with Gasteiger partial charge in [-0.2, -0.15) is 0 Å². The lowest BCUT2D eigenvalue weighted by Gasteiger charge is -2.07. The summed E-state index contributed by atoms with van der Waals surface area (Å²) in [7, 11) is 0. The van der Waals surface area contributed by atoms with Crippen molar-refractivity contribution >= 4 is 23.2 Å². The Labute approximate surface area is 153 Å². The normalized spacial score (nSPS) is 10.7. The first-order valence-electron chi connectivity index (χ1n) is 9.01. The van der Waals surface area contributed by atoms with Gasteiger partial charge >= 0.3 is 11.9 Å². The summed E-state index contributed by atoms with van der Waals surface area (Å²) in [6.45, 7) is 5.84. The summed E-state index contributed by atoms with van der Waals surface area (Å²) in [4.78, 5) is 37.6. The van der Waals surface area contributed by atoms with Crippen LogP contribution in [-0.2, 0) is 9.47 Å². The summed E-state index contributed by atoms with van der Waals surface area (Å²) in [5, 5.41) is 0. The van der Waals surface area contributed by atoms with E-state index in [4.69, 9.17) is 9.47 Å². The van der Waals surface area contributed by atoms with Crippen LogP contribution in [0.5, 0.6) is 0 Å². The third-order valence-electron chi connectivity index (χ3n) is 4.05. The molecule has 0 aromatic carbocycles. The number of esters is 2. The van der Waals surface area contributed by atoms with Crippen molar-refractivity contribution in [2.75, 3.05) is 13.2 Å². The van der Waals surface area contributed by atoms with Gasteiger partial charge in [-0.25, -0.2) is 9.59 Å². The fraction of sp³-hybridized carbons (Fsp3) is 0.450. The van der Waals surface area contributed by atoms with Crippen molar-refractivity contribution in [3.63, 3.8) is 0 Å². The number of ether oxygens (including phenoxy) is 2. The van der Waals surface area contributed by atoms with Gasteiger partial charge in [0.15, 0.2) is 5.78 Å². The van der Waals surface area contributed by atoms with Crippen LogP contribution in [0, 0.1) is 0 Å². The van der Waals surface area contributed by atoms with E-state index in [1.165, 1.54) is 6.92 Å². The topological polar surface area (TPSA) is 74.1 Å². The molecule has 2 rings (SSSR count). The third kappa shape index (κ3) is 4.12. The highest BCUT2D eigenvalue weighted by molar-refractivity contribution is 6.15. The van der Waals surface area contributed by atoms with Crippen LogP contribution in [0.3, 0.4) is 0 Å². The van der Waals surface area contributed by atoms with E-state index >= 15 is 0 Å². The van der Waals surface area contributed by atoms with E-state index < -0.39 is 11.9 Å². The van der Waals surface area contributed by atoms with E-state index in [1.54, 1.807) is 28.8 Å². The van der Waals surface area contributed by atoms with Crippen LogP contribution in [0.25, 0.3) is 5.52 Å². The SMILES string of the molecule is CCCCOC(=O)c1c(C(=O)OCCCC)c2ccccn2c1C(C)=O. The quantitative estimate of drug-likeness (QED) is 0.383. The lowest BCUT2D eigenvalue weighted by atomic mass is 10.1. The fourth-order valence-electron chi connectivity index (χ4n) is 2.72. The van der Waals surface area contributed by atoms with Gasteiger partial charge in [0.1, 0.15) is 16.8 Å². The van der Waals surface area contributed by atoms with Crippen LogP contribution >= 0.6 is 0 Å². The predicted molar refractivity (Wildman–Crippen MR) is 97.8 cm³/mol. The molecule has 2 heterocycles. The summed E-state index contributed by atoms with van der Waals surface area (Å²) in [6, 6.07) is 5.16. The summed E-state index contributed by atoms with van der Waals surface area (Å²) < 4.78 is 12.2. The number of hydrogen-bond acceptors (Lipinski definition) is 5. The van der Waals surface area contributed by atoms with Crippen LogP contribution in [-0.4, -0.2) is 35.3 Å². The largest absolute Gasteiger partial charge is 0.462 e. The van der Waals surface area contributed by atoms with Crippen LogP contribution in [0.4, 0.5) is 0 Å². The number of rotatable bonds is 9. The summed E-state index contributed by atoms with van der Waals surface area (Å²) in [6.07, 6.45) is 4.85. The third-order valence-corrected chi connectivity index (χ3v) is 4.05. The molecule has 0 unspecified atom stereocenters. The van der Waals surface area contributed by atoms with Crippen molar-refractivity contribution in [2.45, 2.75) is 46.5 Å². The molecule has 0 radical (unpaired) electrons. The lowest BCUT2D eigenvalue weighted by molar-refractivity contribution is 0.0454. The van der Waals surface area contributed by atoms with Gasteiger partial charge in [-0.1, -0.05) is 32.8 Å². The predicted octanol–water partition coefficient (Wildman–Crippen LogP) is 4.06. The second kappa shape index (κ2) is 9.17. The molecule has 0 atom stereocenters. The average Bonchev–Trinajstić information content (AvgIpc) is 2.97. The maximum atomic E-state index is 12.7. The lowest BCUT2D eigenvalue weighted by Crippen LogP contribution is -2.16. The Hall–Kier alpha value is -2.63. The minimum absolute atomic E-state index is 0.0127. The first-order chi connectivity index (χ1) is 12.5. The number of nitrogens with zero attached hydrogens (tertiary/aromatic N) is 1. The molecule has 140 valence electrons. The Balaban J connectivity index is 2.56. The molecular weight excluding hydrogens is 334 g/mol. The number of aromatic nitrogens is 1. The van der Waals surface area contributed by atoms with Gasteiger partial charge in [-0.3, -0.25) is 4.79 Å². The maximum absolute atomic E-state index is 12.7. The number of unbranched alkanes of at least 4 members (excludes halogenated alkanes) is 2. The maximum Gasteiger partial charge on any atom is 0.341 e. The Morgan fingerprint density at radius 2 is 1.50 bits per heavy atom. The van der Waals surface area contributed by atoms with Crippen molar-refractivity contribution < 1.29 is 23.9 Å². The fourth-order valence-corrected chi connectivity index (χ4v) is 2.72. The summed E-state index contributed by atoms with van der Waals surface area (Å²) in [5.74, 6) is -1.60. The molecule has 0 amide bonds. The van der Waals surface area contributed by atoms with Gasteiger partial charge in [-0.05, 0) is 25.0 Å². The first kappa shape index (κ1) is 19.7. The number of hydrogen-bond donors (Lipinski definition) is 0. The van der Waals surface area contributed by atoms with Gasteiger partial charge in [0, 0.05) is 13.1 Å². The van der Waals surface area contributed by atoms with E-state index in [-0.39, 0.29) is 35.8 Å². The molecule has 0 aliphatic rings. The molecule has 0 saturated heterocycles. The highest BCUT2D eigenvalue weighted by Crippen LogP contribution is 2.26. The molecule has 0 bridgehead atoms. The molecule has 6 nitrogen and oxygen atoms in total. The van der Waals surface area contributed by atoms with Gasteiger partial charge in [-0.15, -0.1) is 0 Å². The van der Waals surface area contributed by atoms with Gasteiger partial charge < -0.3 is 13.9 Å². The number of ketones is 1. The Bertz CT molecular complexity index is 806. The number of carbonyl (C=O) groups excluding carboxylic acids is 3. The van der Waals surface area contributed by atoms with E-state index in [2.05, 4.69) is 0 Å². The van der Waals surface area contributed by atoms with Crippen molar-refractivity contribution in [3.8, 4) is 0 Å². The second-order valence-electron chi connectivity index (χ2n) is 6.09.